The Hall–Kier alpha value is -0.940. The highest BCUT2D eigenvalue weighted by atomic mass is 35.5. The molecule has 4 nitrogen and oxygen atoms in total. The molecule has 1 fully saturated rings. The number of carbonyl (C=O) groups excluding carboxylic acids is 1. The molecule has 1 aromatic carbocycles. The topological polar surface area (TPSA) is 38.8 Å². The van der Waals surface area contributed by atoms with Crippen molar-refractivity contribution in [3.63, 3.8) is 0 Å². The van der Waals surface area contributed by atoms with Gasteiger partial charge in [-0.3, -0.25) is 9.69 Å². The summed E-state index contributed by atoms with van der Waals surface area (Å²) in [7, 11) is 0. The van der Waals surface area contributed by atoms with E-state index in [1.165, 1.54) is 0 Å². The van der Waals surface area contributed by atoms with E-state index < -0.39 is 5.60 Å². The Bertz CT molecular complexity index is 533. The van der Waals surface area contributed by atoms with Gasteiger partial charge < -0.3 is 9.47 Å². The minimum atomic E-state index is -0.480. The molecule has 1 heterocycles. The van der Waals surface area contributed by atoms with Gasteiger partial charge in [0.05, 0.1) is 24.2 Å². The number of benzene rings is 1. The number of halogens is 1. The lowest BCUT2D eigenvalue weighted by Gasteiger charge is -2.35. The summed E-state index contributed by atoms with van der Waals surface area (Å²) in [6.45, 7) is 8.93. The molecule has 1 saturated heterocycles. The fraction of sp³-hybridized carbons (Fsp3) is 0.667. The summed E-state index contributed by atoms with van der Waals surface area (Å²) in [6.07, 6.45) is 3.74. The molecule has 2 rings (SSSR count). The number of rotatable bonds is 11. The summed E-state index contributed by atoms with van der Waals surface area (Å²) in [4.78, 5) is 14.8. The van der Waals surface area contributed by atoms with Gasteiger partial charge in [0, 0.05) is 18.7 Å². The van der Waals surface area contributed by atoms with E-state index in [2.05, 4.69) is 11.8 Å². The van der Waals surface area contributed by atoms with Gasteiger partial charge in [-0.2, -0.15) is 0 Å². The number of ketones is 1. The number of alkyl halides is 1. The molecule has 146 valence electrons. The normalized spacial score (nSPS) is 19.0. The Morgan fingerprint density at radius 3 is 2.65 bits per heavy atom. The van der Waals surface area contributed by atoms with Crippen LogP contribution in [0.3, 0.4) is 0 Å². The lowest BCUT2D eigenvalue weighted by atomic mass is 9.92. The SMILES string of the molecule is CCCC(C)(OCC(=O)c1ccccc1)C(Cl)CCCN1CCOCC1. The zero-order valence-corrected chi connectivity index (χ0v) is 16.8. The molecule has 0 spiro atoms. The molecule has 26 heavy (non-hydrogen) atoms. The van der Waals surface area contributed by atoms with Crippen LogP contribution in [0, 0.1) is 0 Å². The fourth-order valence-electron chi connectivity index (χ4n) is 3.38. The second-order valence-corrected chi connectivity index (χ2v) is 7.73. The van der Waals surface area contributed by atoms with Gasteiger partial charge in [0.15, 0.2) is 5.78 Å². The van der Waals surface area contributed by atoms with Crippen molar-refractivity contribution in [3.05, 3.63) is 35.9 Å². The number of Topliss-reactive ketones (excluding diaryl/α,β-unsaturated/α-hetero) is 1. The molecule has 0 saturated carbocycles. The van der Waals surface area contributed by atoms with Gasteiger partial charge >= 0.3 is 0 Å². The summed E-state index contributed by atoms with van der Waals surface area (Å²) in [5, 5.41) is -0.105. The summed E-state index contributed by atoms with van der Waals surface area (Å²) in [6, 6.07) is 9.29. The third-order valence-corrected chi connectivity index (χ3v) is 5.75. The minimum absolute atomic E-state index is 0.00473. The smallest absolute Gasteiger partial charge is 0.188 e. The van der Waals surface area contributed by atoms with Crippen LogP contribution in [-0.4, -0.2) is 61.1 Å². The monoisotopic (exact) mass is 381 g/mol. The molecule has 0 radical (unpaired) electrons. The van der Waals surface area contributed by atoms with Crippen molar-refractivity contribution in [1.82, 2.24) is 4.90 Å². The average molecular weight is 382 g/mol. The number of nitrogens with zero attached hydrogens (tertiary/aromatic N) is 1. The minimum Gasteiger partial charge on any atom is -0.379 e. The van der Waals surface area contributed by atoms with E-state index in [4.69, 9.17) is 21.1 Å². The van der Waals surface area contributed by atoms with E-state index in [1.54, 1.807) is 0 Å². The van der Waals surface area contributed by atoms with Crippen LogP contribution >= 0.6 is 11.6 Å². The number of morpholine rings is 1. The highest BCUT2D eigenvalue weighted by Crippen LogP contribution is 2.30. The molecular weight excluding hydrogens is 350 g/mol. The van der Waals surface area contributed by atoms with Crippen molar-refractivity contribution >= 4 is 17.4 Å². The first-order chi connectivity index (χ1) is 12.5. The van der Waals surface area contributed by atoms with E-state index in [9.17, 15) is 4.79 Å². The van der Waals surface area contributed by atoms with Crippen LogP contribution in [0.5, 0.6) is 0 Å². The number of hydrogen-bond donors (Lipinski definition) is 0. The van der Waals surface area contributed by atoms with Gasteiger partial charge in [-0.1, -0.05) is 43.7 Å². The molecule has 0 aliphatic carbocycles. The second-order valence-electron chi connectivity index (χ2n) is 7.20. The first-order valence-electron chi connectivity index (χ1n) is 9.71. The van der Waals surface area contributed by atoms with Crippen LogP contribution in [0.2, 0.25) is 0 Å². The van der Waals surface area contributed by atoms with Crippen molar-refractivity contribution in [1.29, 1.82) is 0 Å². The Kier molecular flexibility index (Phi) is 9.06. The summed E-state index contributed by atoms with van der Waals surface area (Å²) in [5.74, 6) is 0.00473. The van der Waals surface area contributed by atoms with E-state index in [-0.39, 0.29) is 17.8 Å². The largest absolute Gasteiger partial charge is 0.379 e. The van der Waals surface area contributed by atoms with Crippen molar-refractivity contribution in [2.24, 2.45) is 0 Å². The Labute approximate surface area is 162 Å². The third kappa shape index (κ3) is 6.66. The lowest BCUT2D eigenvalue weighted by molar-refractivity contribution is -0.0342. The highest BCUT2D eigenvalue weighted by Gasteiger charge is 2.33. The molecule has 1 aromatic rings. The maximum atomic E-state index is 12.4. The zero-order chi connectivity index (χ0) is 18.8. The van der Waals surface area contributed by atoms with Gasteiger partial charge in [-0.25, -0.2) is 0 Å². The third-order valence-electron chi connectivity index (χ3n) is 5.07. The highest BCUT2D eigenvalue weighted by molar-refractivity contribution is 6.21. The number of hydrogen-bond acceptors (Lipinski definition) is 4. The predicted molar refractivity (Wildman–Crippen MR) is 106 cm³/mol. The Balaban J connectivity index is 1.82. The van der Waals surface area contributed by atoms with Crippen LogP contribution in [-0.2, 0) is 9.47 Å². The summed E-state index contributed by atoms with van der Waals surface area (Å²) in [5.41, 5.74) is 0.205. The lowest BCUT2D eigenvalue weighted by Crippen LogP contribution is -2.41. The second kappa shape index (κ2) is 11.0. The fourth-order valence-corrected chi connectivity index (χ4v) is 3.70. The number of ether oxygens (including phenoxy) is 2. The summed E-state index contributed by atoms with van der Waals surface area (Å²) >= 11 is 6.73. The summed E-state index contributed by atoms with van der Waals surface area (Å²) < 4.78 is 11.5. The van der Waals surface area contributed by atoms with E-state index in [1.807, 2.05) is 37.3 Å². The standard InChI is InChI=1S/C21H32ClNO3/c1-3-11-21(2,26-17-19(24)18-8-5-4-6-9-18)20(22)10-7-12-23-13-15-25-16-14-23/h4-6,8-9,20H,3,7,10-17H2,1-2H3. The number of carbonyl (C=O) groups is 1. The van der Waals surface area contributed by atoms with E-state index in [0.29, 0.717) is 5.56 Å². The average Bonchev–Trinajstić information content (AvgIpc) is 2.68. The van der Waals surface area contributed by atoms with Gasteiger partial charge in [0.25, 0.3) is 0 Å². The molecule has 1 aliphatic rings. The molecule has 0 bridgehead atoms. The van der Waals surface area contributed by atoms with Crippen LogP contribution in [0.15, 0.2) is 30.3 Å². The molecule has 2 unspecified atom stereocenters. The van der Waals surface area contributed by atoms with E-state index >= 15 is 0 Å². The van der Waals surface area contributed by atoms with E-state index in [0.717, 1.165) is 58.5 Å². The van der Waals surface area contributed by atoms with Crippen molar-refractivity contribution < 1.29 is 14.3 Å². The van der Waals surface area contributed by atoms with Gasteiger partial charge in [0.2, 0.25) is 0 Å². The first-order valence-corrected chi connectivity index (χ1v) is 10.1. The van der Waals surface area contributed by atoms with Crippen molar-refractivity contribution in [2.75, 3.05) is 39.5 Å². The van der Waals surface area contributed by atoms with Crippen LogP contribution < -0.4 is 0 Å². The molecular formula is C21H32ClNO3. The van der Waals surface area contributed by atoms with Crippen LogP contribution in [0.4, 0.5) is 0 Å². The van der Waals surface area contributed by atoms with Crippen molar-refractivity contribution in [2.45, 2.75) is 50.5 Å². The van der Waals surface area contributed by atoms with Crippen LogP contribution in [0.25, 0.3) is 0 Å². The van der Waals surface area contributed by atoms with Crippen molar-refractivity contribution in [3.8, 4) is 0 Å². The molecule has 2 atom stereocenters. The predicted octanol–water partition coefficient (Wildman–Crippen LogP) is 4.16. The maximum absolute atomic E-state index is 12.4. The molecule has 0 amide bonds. The quantitative estimate of drug-likeness (QED) is 0.426. The molecule has 0 aromatic heterocycles. The van der Waals surface area contributed by atoms with Crippen LogP contribution in [0.1, 0.15) is 49.9 Å². The molecule has 5 heteroatoms. The zero-order valence-electron chi connectivity index (χ0n) is 16.1. The Morgan fingerprint density at radius 1 is 1.31 bits per heavy atom. The van der Waals surface area contributed by atoms with Gasteiger partial charge in [-0.05, 0) is 32.7 Å². The molecule has 0 N–H and O–H groups in total. The first kappa shape index (κ1) is 21.4. The maximum Gasteiger partial charge on any atom is 0.188 e. The Morgan fingerprint density at radius 2 is 2.00 bits per heavy atom. The molecule has 1 aliphatic heterocycles. The van der Waals surface area contributed by atoms with Gasteiger partial charge in [-0.15, -0.1) is 11.6 Å². The van der Waals surface area contributed by atoms with Gasteiger partial charge in [0.1, 0.15) is 6.61 Å².